The molecule has 1 aromatic rings. The van der Waals surface area contributed by atoms with Gasteiger partial charge in [0.1, 0.15) is 6.10 Å². The lowest BCUT2D eigenvalue weighted by atomic mass is 9.96. The Labute approximate surface area is 136 Å². The number of rotatable bonds is 4. The first-order valence-electron chi connectivity index (χ1n) is 8.15. The van der Waals surface area contributed by atoms with Gasteiger partial charge in [-0.1, -0.05) is 30.3 Å². The van der Waals surface area contributed by atoms with E-state index < -0.39 is 0 Å². The second kappa shape index (κ2) is 6.71. The predicted octanol–water partition coefficient (Wildman–Crippen LogP) is 2.14. The highest BCUT2D eigenvalue weighted by Crippen LogP contribution is 2.42. The summed E-state index contributed by atoms with van der Waals surface area (Å²) in [5, 5.41) is 0. The molecule has 0 N–H and O–H groups in total. The Kier molecular flexibility index (Phi) is 4.66. The number of benzene rings is 1. The summed E-state index contributed by atoms with van der Waals surface area (Å²) in [6.45, 7) is 2.21. The first-order chi connectivity index (χ1) is 11.1. The maximum atomic E-state index is 12.1. The van der Waals surface area contributed by atoms with Crippen LogP contribution in [-0.2, 0) is 25.6 Å². The number of methoxy groups -OCH3 is 1. The fourth-order valence-electron chi connectivity index (χ4n) is 4.07. The molecule has 0 amide bonds. The average molecular weight is 317 g/mol. The lowest BCUT2D eigenvalue weighted by molar-refractivity contribution is -0.153. The largest absolute Gasteiger partial charge is 0.469 e. The molecule has 0 aromatic heterocycles. The molecule has 0 spiro atoms. The lowest BCUT2D eigenvalue weighted by Crippen LogP contribution is -2.49. The minimum Gasteiger partial charge on any atom is -0.469 e. The van der Waals surface area contributed by atoms with Crippen molar-refractivity contribution >= 4 is 11.9 Å². The molecule has 2 fully saturated rings. The highest BCUT2D eigenvalue weighted by atomic mass is 16.5. The van der Waals surface area contributed by atoms with Crippen molar-refractivity contribution in [2.24, 2.45) is 5.92 Å². The van der Waals surface area contributed by atoms with Crippen molar-refractivity contribution in [1.82, 2.24) is 4.90 Å². The third-order valence-corrected chi connectivity index (χ3v) is 5.02. The van der Waals surface area contributed by atoms with E-state index in [1.807, 2.05) is 18.2 Å². The highest BCUT2D eigenvalue weighted by Gasteiger charge is 2.51. The maximum absolute atomic E-state index is 12.1. The summed E-state index contributed by atoms with van der Waals surface area (Å²) in [4.78, 5) is 25.8. The van der Waals surface area contributed by atoms with Crippen LogP contribution in [0.3, 0.4) is 0 Å². The van der Waals surface area contributed by atoms with E-state index in [0.717, 1.165) is 19.4 Å². The van der Waals surface area contributed by atoms with E-state index >= 15 is 0 Å². The van der Waals surface area contributed by atoms with Crippen LogP contribution in [0.2, 0.25) is 0 Å². The fraction of sp³-hybridized carbons (Fsp3) is 0.556. The van der Waals surface area contributed by atoms with E-state index in [0.29, 0.717) is 6.42 Å². The van der Waals surface area contributed by atoms with Crippen LogP contribution in [0.25, 0.3) is 0 Å². The van der Waals surface area contributed by atoms with Gasteiger partial charge in [0.05, 0.1) is 13.0 Å². The number of ether oxygens (including phenoxy) is 2. The van der Waals surface area contributed by atoms with E-state index in [1.165, 1.54) is 19.6 Å². The molecule has 2 saturated heterocycles. The molecule has 23 heavy (non-hydrogen) atoms. The summed E-state index contributed by atoms with van der Waals surface area (Å²) in [5.41, 5.74) is 1.21. The molecule has 2 aliphatic heterocycles. The van der Waals surface area contributed by atoms with Crippen LogP contribution in [0.4, 0.5) is 0 Å². The van der Waals surface area contributed by atoms with Gasteiger partial charge in [0.25, 0.3) is 0 Å². The van der Waals surface area contributed by atoms with Crippen LogP contribution < -0.4 is 0 Å². The highest BCUT2D eigenvalue weighted by molar-refractivity contribution is 5.74. The number of carbonyl (C=O) groups excluding carboxylic acids is 2. The minimum absolute atomic E-state index is 0.0851. The van der Waals surface area contributed by atoms with Crippen LogP contribution in [0.5, 0.6) is 0 Å². The van der Waals surface area contributed by atoms with Gasteiger partial charge in [-0.25, -0.2) is 0 Å². The molecule has 2 aliphatic rings. The molecule has 3 rings (SSSR count). The quantitative estimate of drug-likeness (QED) is 0.797. The molecule has 0 saturated carbocycles. The Bertz CT molecular complexity index is 574. The normalized spacial score (nSPS) is 30.0. The first-order valence-corrected chi connectivity index (χ1v) is 8.15. The van der Waals surface area contributed by atoms with Crippen molar-refractivity contribution < 1.29 is 19.1 Å². The van der Waals surface area contributed by atoms with Gasteiger partial charge in [0.15, 0.2) is 0 Å². The lowest BCUT2D eigenvalue weighted by Gasteiger charge is -2.39. The number of hydrogen-bond acceptors (Lipinski definition) is 5. The third kappa shape index (κ3) is 3.24. The molecule has 0 unspecified atom stereocenters. The topological polar surface area (TPSA) is 55.8 Å². The Morgan fingerprint density at radius 1 is 1.17 bits per heavy atom. The second-order valence-corrected chi connectivity index (χ2v) is 6.38. The number of hydrogen-bond donors (Lipinski definition) is 0. The van der Waals surface area contributed by atoms with Gasteiger partial charge in [0.2, 0.25) is 0 Å². The number of fused-ring (bicyclic) bond motifs is 2. The molecule has 0 aliphatic carbocycles. The zero-order valence-electron chi connectivity index (χ0n) is 13.6. The molecule has 2 bridgehead atoms. The third-order valence-electron chi connectivity index (χ3n) is 5.02. The fourth-order valence-corrected chi connectivity index (χ4v) is 4.07. The summed E-state index contributed by atoms with van der Waals surface area (Å²) < 4.78 is 10.5. The molecule has 5 nitrogen and oxygen atoms in total. The zero-order chi connectivity index (χ0) is 16.4. The van der Waals surface area contributed by atoms with Gasteiger partial charge in [-0.3, -0.25) is 14.5 Å². The number of esters is 2. The number of nitrogens with zero attached hydrogens (tertiary/aromatic N) is 1. The van der Waals surface area contributed by atoms with Crippen molar-refractivity contribution in [3.63, 3.8) is 0 Å². The van der Waals surface area contributed by atoms with Crippen molar-refractivity contribution in [1.29, 1.82) is 0 Å². The smallest absolute Gasteiger partial charge is 0.310 e. The van der Waals surface area contributed by atoms with E-state index in [2.05, 4.69) is 17.0 Å². The second-order valence-electron chi connectivity index (χ2n) is 6.38. The van der Waals surface area contributed by atoms with E-state index in [-0.39, 0.29) is 36.0 Å². The van der Waals surface area contributed by atoms with Gasteiger partial charge in [0, 0.05) is 25.6 Å². The Morgan fingerprint density at radius 3 is 2.57 bits per heavy atom. The van der Waals surface area contributed by atoms with Crippen LogP contribution in [0, 0.1) is 5.92 Å². The van der Waals surface area contributed by atoms with Gasteiger partial charge < -0.3 is 9.47 Å². The number of piperidine rings is 1. The van der Waals surface area contributed by atoms with Gasteiger partial charge >= 0.3 is 11.9 Å². The summed E-state index contributed by atoms with van der Waals surface area (Å²) in [6, 6.07) is 10.4. The summed E-state index contributed by atoms with van der Waals surface area (Å²) >= 11 is 0. The molecular weight excluding hydrogens is 294 g/mol. The van der Waals surface area contributed by atoms with Crippen LogP contribution >= 0.6 is 0 Å². The summed E-state index contributed by atoms with van der Waals surface area (Å²) in [5.74, 6) is -0.539. The molecule has 0 radical (unpaired) electrons. The van der Waals surface area contributed by atoms with Gasteiger partial charge in [-0.05, 0) is 24.8 Å². The molecule has 124 valence electrons. The zero-order valence-corrected chi connectivity index (χ0v) is 13.6. The van der Waals surface area contributed by atoms with Crippen LogP contribution in [-0.4, -0.2) is 42.1 Å². The molecule has 2 heterocycles. The number of carbonyl (C=O) groups is 2. The van der Waals surface area contributed by atoms with Crippen molar-refractivity contribution in [3.8, 4) is 0 Å². The van der Waals surface area contributed by atoms with Gasteiger partial charge in [-0.2, -0.15) is 0 Å². The first kappa shape index (κ1) is 16.0. The summed E-state index contributed by atoms with van der Waals surface area (Å²) in [6.07, 6.45) is 2.22. The van der Waals surface area contributed by atoms with Crippen molar-refractivity contribution in [2.75, 3.05) is 7.11 Å². The van der Waals surface area contributed by atoms with E-state index in [9.17, 15) is 9.59 Å². The van der Waals surface area contributed by atoms with Crippen LogP contribution in [0.15, 0.2) is 30.3 Å². The Morgan fingerprint density at radius 2 is 1.91 bits per heavy atom. The average Bonchev–Trinajstić information content (AvgIpc) is 2.78. The van der Waals surface area contributed by atoms with E-state index in [4.69, 9.17) is 9.47 Å². The molecule has 1 aromatic carbocycles. The SMILES string of the molecule is COC(=O)[C@H]1C[C@@H]2[C@@H](OC(C)=O)CC[C@H]1N2Cc1ccccc1. The molecular formula is C18H23NO4. The maximum Gasteiger partial charge on any atom is 0.310 e. The standard InChI is InChI=1S/C18H23NO4/c1-12(20)23-17-9-8-15-14(18(21)22-2)10-16(17)19(15)11-13-6-4-3-5-7-13/h3-7,14-17H,8-11H2,1-2H3/t14-,15+,16+,17-/m0/s1. The minimum atomic E-state index is -0.255. The monoisotopic (exact) mass is 317 g/mol. The van der Waals surface area contributed by atoms with Crippen molar-refractivity contribution in [3.05, 3.63) is 35.9 Å². The van der Waals surface area contributed by atoms with Crippen LogP contribution in [0.1, 0.15) is 31.7 Å². The predicted molar refractivity (Wildman–Crippen MR) is 84.5 cm³/mol. The van der Waals surface area contributed by atoms with E-state index in [1.54, 1.807) is 0 Å². The molecule has 4 atom stereocenters. The Hall–Kier alpha value is -1.88. The van der Waals surface area contributed by atoms with Gasteiger partial charge in [-0.15, -0.1) is 0 Å². The van der Waals surface area contributed by atoms with Crippen molar-refractivity contribution in [2.45, 2.75) is 50.9 Å². The Balaban J connectivity index is 1.83. The molecule has 5 heteroatoms. The summed E-state index contributed by atoms with van der Waals surface area (Å²) in [7, 11) is 1.44.